The van der Waals surface area contributed by atoms with Gasteiger partial charge in [0.2, 0.25) is 0 Å². The second kappa shape index (κ2) is 22.8. The third-order valence-electron chi connectivity index (χ3n) is 3.36. The summed E-state index contributed by atoms with van der Waals surface area (Å²) in [6.45, 7) is 4.80. The number of nitrogens with two attached hydrogens (primary N) is 1. The third-order valence-corrected chi connectivity index (χ3v) is 3.36. The van der Waals surface area contributed by atoms with Crippen LogP contribution in [0.2, 0.25) is 0 Å². The summed E-state index contributed by atoms with van der Waals surface area (Å²) in [5.74, 6) is 4.11. The Bertz CT molecular complexity index is 307. The van der Waals surface area contributed by atoms with Crippen molar-refractivity contribution in [1.29, 1.82) is 0 Å². The number of carboxylic acids is 1. The average Bonchev–Trinajstić information content (AvgIpc) is 2.60. The number of ether oxygens (including phenoxy) is 2. The molecule has 0 aromatic carbocycles. The number of rotatable bonds is 16. The van der Waals surface area contributed by atoms with E-state index < -0.39 is 5.97 Å². The van der Waals surface area contributed by atoms with Crippen molar-refractivity contribution < 1.29 is 19.4 Å². The highest BCUT2D eigenvalue weighted by molar-refractivity contribution is 6.34. The Morgan fingerprint density at radius 3 is 1.84 bits per heavy atom. The van der Waals surface area contributed by atoms with E-state index in [0.717, 1.165) is 52.0 Å². The van der Waals surface area contributed by atoms with E-state index in [1.54, 1.807) is 14.2 Å². The molecule has 0 saturated carbocycles. The number of carbonyl (C=O) groups is 1. The van der Waals surface area contributed by atoms with E-state index in [4.69, 9.17) is 20.4 Å². The van der Waals surface area contributed by atoms with Crippen LogP contribution in [0.25, 0.3) is 0 Å². The molecule has 8 heteroatoms. The summed E-state index contributed by atoms with van der Waals surface area (Å²) >= 11 is 0. The summed E-state index contributed by atoms with van der Waals surface area (Å²) in [6, 6.07) is 0. The molecule has 0 atom stereocenters. The van der Waals surface area contributed by atoms with Crippen LogP contribution in [0.1, 0.15) is 58.3 Å². The minimum atomic E-state index is -0.984. The van der Waals surface area contributed by atoms with Crippen molar-refractivity contribution in [3.63, 3.8) is 0 Å². The molecule has 0 rings (SSSR count). The Hall–Kier alpha value is -1.22. The van der Waals surface area contributed by atoms with Crippen molar-refractivity contribution in [2.75, 3.05) is 40.5 Å². The van der Waals surface area contributed by atoms with Gasteiger partial charge in [0.1, 0.15) is 5.71 Å². The molecule has 0 unspecified atom stereocenters. The maximum Gasteiger partial charge on any atom is 0.351 e. The molecule has 0 aliphatic carbocycles. The van der Waals surface area contributed by atoms with E-state index in [9.17, 15) is 4.79 Å². The van der Waals surface area contributed by atoms with E-state index in [2.05, 4.69) is 16.0 Å². The highest BCUT2D eigenvalue weighted by Crippen LogP contribution is 1.99. The van der Waals surface area contributed by atoms with Crippen molar-refractivity contribution >= 4 is 11.7 Å². The number of nitrogens with zero attached hydrogens (tertiary/aromatic N) is 1. The van der Waals surface area contributed by atoms with Gasteiger partial charge in [0.25, 0.3) is 0 Å². The zero-order valence-corrected chi connectivity index (χ0v) is 16.2. The Labute approximate surface area is 152 Å². The van der Waals surface area contributed by atoms with Crippen LogP contribution in [0.5, 0.6) is 0 Å². The molecule has 0 heterocycles. The Kier molecular flexibility index (Phi) is 23.7. The van der Waals surface area contributed by atoms with Gasteiger partial charge in [-0.3, -0.25) is 11.3 Å². The number of methoxy groups -OCH3 is 2. The summed E-state index contributed by atoms with van der Waals surface area (Å²) in [6.07, 6.45) is 9.15. The molecule has 5 N–H and O–H groups in total. The van der Waals surface area contributed by atoms with E-state index in [1.807, 2.05) is 0 Å². The number of hydrogen-bond donors (Lipinski definition) is 4. The van der Waals surface area contributed by atoms with Crippen molar-refractivity contribution in [3.8, 4) is 0 Å². The number of carboxylic acid groups (broad SMARTS) is 1. The highest BCUT2D eigenvalue weighted by atomic mass is 16.5. The molecule has 0 aromatic rings. The van der Waals surface area contributed by atoms with Gasteiger partial charge >= 0.3 is 5.97 Å². The van der Waals surface area contributed by atoms with Gasteiger partial charge in [0.15, 0.2) is 0 Å². The van der Waals surface area contributed by atoms with Gasteiger partial charge in [-0.1, -0.05) is 25.7 Å². The molecule has 0 aliphatic rings. The summed E-state index contributed by atoms with van der Waals surface area (Å²) in [4.78, 5) is 10.4. The molecule has 0 aromatic heterocycles. The molecule has 0 amide bonds. The maximum atomic E-state index is 10.4. The van der Waals surface area contributed by atoms with Crippen LogP contribution in [0.3, 0.4) is 0 Å². The number of hydrazone groups is 1. The van der Waals surface area contributed by atoms with Gasteiger partial charge in [-0.05, 0) is 32.6 Å². The standard InChI is InChI=1S/C10H20N2O3.C7H18N2O/c1-9(10(13)14)12-11-7-5-3-4-6-8-15-2;1-10-7-5-3-2-4-6-9-8/h11H,3-8H2,1-2H3,(H,13,14);9H,2-8H2,1H3/b12-9-;. The predicted molar refractivity (Wildman–Crippen MR) is 102 cm³/mol. The normalized spacial score (nSPS) is 11.0. The second-order valence-electron chi connectivity index (χ2n) is 5.68. The number of unbranched alkanes of at least 4 members (excludes halogenated alkanes) is 6. The molecule has 0 bridgehead atoms. The lowest BCUT2D eigenvalue weighted by Gasteiger charge is -2.01. The first kappa shape index (κ1) is 26.0. The number of hydrazine groups is 1. The first-order valence-electron chi connectivity index (χ1n) is 9.01. The van der Waals surface area contributed by atoms with Gasteiger partial charge < -0.3 is 20.0 Å². The Morgan fingerprint density at radius 1 is 0.920 bits per heavy atom. The monoisotopic (exact) mass is 362 g/mol. The average molecular weight is 363 g/mol. The third kappa shape index (κ3) is 25.1. The first-order chi connectivity index (χ1) is 12.1. The van der Waals surface area contributed by atoms with E-state index in [0.29, 0.717) is 0 Å². The zero-order chi connectivity index (χ0) is 19.2. The van der Waals surface area contributed by atoms with E-state index in [-0.39, 0.29) is 5.71 Å². The van der Waals surface area contributed by atoms with E-state index in [1.165, 1.54) is 32.6 Å². The molecule has 25 heavy (non-hydrogen) atoms. The summed E-state index contributed by atoms with van der Waals surface area (Å²) < 4.78 is 9.83. The molecule has 0 saturated heterocycles. The van der Waals surface area contributed by atoms with Crippen LogP contribution >= 0.6 is 0 Å². The van der Waals surface area contributed by atoms with Crippen LogP contribution in [-0.2, 0) is 14.3 Å². The van der Waals surface area contributed by atoms with Crippen molar-refractivity contribution in [2.24, 2.45) is 10.9 Å². The van der Waals surface area contributed by atoms with Crippen LogP contribution < -0.4 is 16.7 Å². The number of aliphatic carboxylic acids is 1. The Balaban J connectivity index is 0. The fraction of sp³-hybridized carbons (Fsp3) is 0.882. The zero-order valence-electron chi connectivity index (χ0n) is 16.2. The van der Waals surface area contributed by atoms with Crippen LogP contribution in [-0.4, -0.2) is 57.3 Å². The lowest BCUT2D eigenvalue weighted by molar-refractivity contribution is -0.129. The summed E-state index contributed by atoms with van der Waals surface area (Å²) in [5.41, 5.74) is 5.45. The van der Waals surface area contributed by atoms with Gasteiger partial charge in [-0.25, -0.2) is 4.79 Å². The van der Waals surface area contributed by atoms with Crippen molar-refractivity contribution in [2.45, 2.75) is 58.3 Å². The van der Waals surface area contributed by atoms with Crippen molar-refractivity contribution in [1.82, 2.24) is 10.9 Å². The molecule has 8 nitrogen and oxygen atoms in total. The maximum absolute atomic E-state index is 10.4. The molecule has 0 fully saturated rings. The molecular weight excluding hydrogens is 324 g/mol. The topological polar surface area (TPSA) is 118 Å². The predicted octanol–water partition coefficient (Wildman–Crippen LogP) is 1.90. The first-order valence-corrected chi connectivity index (χ1v) is 9.01. The lowest BCUT2D eigenvalue weighted by Crippen LogP contribution is -2.22. The van der Waals surface area contributed by atoms with Crippen LogP contribution in [0, 0.1) is 0 Å². The highest BCUT2D eigenvalue weighted by Gasteiger charge is 1.99. The minimum absolute atomic E-state index is 0.0920. The van der Waals surface area contributed by atoms with Gasteiger partial charge in [-0.2, -0.15) is 5.10 Å². The van der Waals surface area contributed by atoms with Crippen molar-refractivity contribution in [3.05, 3.63) is 0 Å². The van der Waals surface area contributed by atoms with Gasteiger partial charge in [-0.15, -0.1) is 0 Å². The SMILES string of the molecule is COCCCCCCN/N=C(/C)C(=O)O.COCCCCCCNN. The fourth-order valence-corrected chi connectivity index (χ4v) is 1.85. The summed E-state index contributed by atoms with van der Waals surface area (Å²) in [7, 11) is 3.44. The molecule has 0 aliphatic heterocycles. The Morgan fingerprint density at radius 2 is 1.40 bits per heavy atom. The second-order valence-corrected chi connectivity index (χ2v) is 5.68. The molecular formula is C17H38N4O4. The van der Waals surface area contributed by atoms with E-state index >= 15 is 0 Å². The minimum Gasteiger partial charge on any atom is -0.477 e. The smallest absolute Gasteiger partial charge is 0.351 e. The number of nitrogens with one attached hydrogen (secondary N) is 2. The van der Waals surface area contributed by atoms with Crippen LogP contribution in [0.4, 0.5) is 0 Å². The molecule has 0 spiro atoms. The lowest BCUT2D eigenvalue weighted by atomic mass is 10.2. The number of hydrogen-bond acceptors (Lipinski definition) is 7. The molecule has 150 valence electrons. The molecule has 0 radical (unpaired) electrons. The summed E-state index contributed by atoms with van der Waals surface area (Å²) in [5, 5.41) is 12.2. The fourth-order valence-electron chi connectivity index (χ4n) is 1.85. The van der Waals surface area contributed by atoms with Gasteiger partial charge in [0, 0.05) is 40.5 Å². The quantitative estimate of drug-likeness (QED) is 0.143. The largest absolute Gasteiger partial charge is 0.477 e. The van der Waals surface area contributed by atoms with Gasteiger partial charge in [0.05, 0.1) is 0 Å². The van der Waals surface area contributed by atoms with Crippen LogP contribution in [0.15, 0.2) is 5.10 Å².